The molecule has 1 fully saturated rings. The highest BCUT2D eigenvalue weighted by Crippen LogP contribution is 2.31. The predicted octanol–water partition coefficient (Wildman–Crippen LogP) is 7.76. The first-order valence-electron chi connectivity index (χ1n) is 12.8. The summed E-state index contributed by atoms with van der Waals surface area (Å²) in [5, 5.41) is 0. The molecular formula is C31H42N2O. The number of carbonyl (C=O) groups excluding carboxylic acids is 1. The van der Waals surface area contributed by atoms with Gasteiger partial charge in [-0.05, 0) is 116 Å². The number of Topliss-reactive ketones (excluding diaryl/α,β-unsaturated/α-hetero) is 1. The molecule has 0 radical (unpaired) electrons. The highest BCUT2D eigenvalue weighted by Gasteiger charge is 2.23. The molecule has 0 aromatic heterocycles. The zero-order valence-electron chi connectivity index (χ0n) is 22.3. The molecule has 0 spiro atoms. The zero-order chi connectivity index (χ0) is 25.0. The molecule has 0 aliphatic heterocycles. The van der Waals surface area contributed by atoms with Crippen molar-refractivity contribution in [2.24, 2.45) is 0 Å². The smallest absolute Gasteiger partial charge is 0.185 e. The van der Waals surface area contributed by atoms with Crippen LogP contribution in [0.25, 0.3) is 12.2 Å². The maximum atomic E-state index is 13.1. The van der Waals surface area contributed by atoms with E-state index in [-0.39, 0.29) is 5.78 Å². The Bertz CT molecular complexity index is 925. The standard InChI is InChI=1S/C31H42N2O/c1-21(2)32(22(3)4)29-15-9-25(10-16-29)19-27-13-14-28(31(27)34)20-26-11-17-30(18-12-26)33(23(5)6)24(7)8/h9-12,15-24H,13-14H2,1-8H3/b27-19-,28-20-. The van der Waals surface area contributed by atoms with Crippen molar-refractivity contribution in [2.45, 2.75) is 92.4 Å². The first kappa shape index (κ1) is 25.8. The van der Waals surface area contributed by atoms with Crippen molar-refractivity contribution in [3.63, 3.8) is 0 Å². The van der Waals surface area contributed by atoms with Crippen LogP contribution in [0.3, 0.4) is 0 Å². The van der Waals surface area contributed by atoms with Gasteiger partial charge < -0.3 is 9.80 Å². The molecule has 1 saturated carbocycles. The Morgan fingerprint density at radius 1 is 0.559 bits per heavy atom. The Morgan fingerprint density at radius 2 is 0.853 bits per heavy atom. The predicted molar refractivity (Wildman–Crippen MR) is 149 cm³/mol. The minimum atomic E-state index is 0.185. The van der Waals surface area contributed by atoms with Crippen LogP contribution >= 0.6 is 0 Å². The van der Waals surface area contributed by atoms with E-state index >= 15 is 0 Å². The molecule has 0 heterocycles. The summed E-state index contributed by atoms with van der Waals surface area (Å²) in [7, 11) is 0. The number of anilines is 2. The molecule has 2 aromatic rings. The zero-order valence-corrected chi connectivity index (χ0v) is 22.3. The maximum absolute atomic E-state index is 13.1. The summed E-state index contributed by atoms with van der Waals surface area (Å²) in [6.45, 7) is 17.8. The highest BCUT2D eigenvalue weighted by atomic mass is 16.1. The lowest BCUT2D eigenvalue weighted by molar-refractivity contribution is -0.111. The molecule has 3 rings (SSSR count). The van der Waals surface area contributed by atoms with Crippen LogP contribution in [0.5, 0.6) is 0 Å². The van der Waals surface area contributed by atoms with Gasteiger partial charge in [0, 0.05) is 46.7 Å². The second-order valence-corrected chi connectivity index (χ2v) is 10.5. The van der Waals surface area contributed by atoms with E-state index in [2.05, 4.69) is 126 Å². The Hall–Kier alpha value is -2.81. The number of hydrogen-bond acceptors (Lipinski definition) is 3. The summed E-state index contributed by atoms with van der Waals surface area (Å²) < 4.78 is 0. The van der Waals surface area contributed by atoms with Gasteiger partial charge in [0.15, 0.2) is 5.78 Å². The molecule has 182 valence electrons. The average Bonchev–Trinajstić information content (AvgIpc) is 3.09. The minimum absolute atomic E-state index is 0.185. The van der Waals surface area contributed by atoms with Crippen molar-refractivity contribution in [3.05, 3.63) is 70.8 Å². The minimum Gasteiger partial charge on any atom is -0.367 e. The average molecular weight is 459 g/mol. The lowest BCUT2D eigenvalue weighted by atomic mass is 10.1. The largest absolute Gasteiger partial charge is 0.367 e. The van der Waals surface area contributed by atoms with Crippen LogP contribution in [-0.2, 0) is 4.79 Å². The quantitative estimate of drug-likeness (QED) is 0.378. The lowest BCUT2D eigenvalue weighted by Gasteiger charge is -2.33. The third-order valence-electron chi connectivity index (χ3n) is 6.54. The van der Waals surface area contributed by atoms with Crippen molar-refractivity contribution >= 4 is 29.3 Å². The van der Waals surface area contributed by atoms with Gasteiger partial charge in [0.05, 0.1) is 0 Å². The van der Waals surface area contributed by atoms with Crippen LogP contribution in [0.15, 0.2) is 59.7 Å². The van der Waals surface area contributed by atoms with Gasteiger partial charge in [-0.1, -0.05) is 24.3 Å². The van der Waals surface area contributed by atoms with Gasteiger partial charge >= 0.3 is 0 Å². The van der Waals surface area contributed by atoms with Crippen LogP contribution in [0.1, 0.15) is 79.4 Å². The van der Waals surface area contributed by atoms with Crippen LogP contribution in [0.4, 0.5) is 11.4 Å². The molecule has 1 aliphatic rings. The number of ketones is 1. The van der Waals surface area contributed by atoms with E-state index in [4.69, 9.17) is 0 Å². The van der Waals surface area contributed by atoms with E-state index in [9.17, 15) is 4.79 Å². The number of hydrogen-bond donors (Lipinski definition) is 0. The molecule has 3 heteroatoms. The molecule has 0 amide bonds. The van der Waals surface area contributed by atoms with E-state index in [0.717, 1.165) is 35.1 Å². The fraction of sp³-hybridized carbons (Fsp3) is 0.452. The molecule has 0 bridgehead atoms. The molecule has 0 atom stereocenters. The normalized spacial score (nSPS) is 16.6. The van der Waals surface area contributed by atoms with Gasteiger partial charge in [0.2, 0.25) is 0 Å². The lowest BCUT2D eigenvalue weighted by Crippen LogP contribution is -2.36. The molecular weight excluding hydrogens is 416 g/mol. The number of rotatable bonds is 8. The van der Waals surface area contributed by atoms with Crippen LogP contribution in [-0.4, -0.2) is 30.0 Å². The van der Waals surface area contributed by atoms with Crippen molar-refractivity contribution in [3.8, 4) is 0 Å². The van der Waals surface area contributed by atoms with E-state index in [1.165, 1.54) is 11.4 Å². The van der Waals surface area contributed by atoms with E-state index in [1.54, 1.807) is 0 Å². The molecule has 0 unspecified atom stereocenters. The summed E-state index contributed by atoms with van der Waals surface area (Å²) in [4.78, 5) is 17.9. The van der Waals surface area contributed by atoms with Crippen molar-refractivity contribution in [2.75, 3.05) is 9.80 Å². The summed E-state index contributed by atoms with van der Waals surface area (Å²) in [6.07, 6.45) is 5.74. The number of allylic oxidation sites excluding steroid dienone is 2. The van der Waals surface area contributed by atoms with Crippen molar-refractivity contribution < 1.29 is 4.79 Å². The van der Waals surface area contributed by atoms with Crippen LogP contribution < -0.4 is 9.80 Å². The number of benzene rings is 2. The fourth-order valence-corrected chi connectivity index (χ4v) is 5.25. The van der Waals surface area contributed by atoms with Gasteiger partial charge in [-0.3, -0.25) is 4.79 Å². The topological polar surface area (TPSA) is 23.6 Å². The summed E-state index contributed by atoms with van der Waals surface area (Å²) in [5.41, 5.74) is 6.45. The van der Waals surface area contributed by atoms with E-state index < -0.39 is 0 Å². The van der Waals surface area contributed by atoms with Gasteiger partial charge in [0.1, 0.15) is 0 Å². The molecule has 34 heavy (non-hydrogen) atoms. The third-order valence-corrected chi connectivity index (χ3v) is 6.54. The Morgan fingerprint density at radius 3 is 1.12 bits per heavy atom. The number of carbonyl (C=O) groups is 1. The van der Waals surface area contributed by atoms with Crippen LogP contribution in [0.2, 0.25) is 0 Å². The second-order valence-electron chi connectivity index (χ2n) is 10.5. The third kappa shape index (κ3) is 6.00. The Kier molecular flexibility index (Phi) is 8.41. The summed E-state index contributed by atoms with van der Waals surface area (Å²) in [5.74, 6) is 0.185. The molecule has 0 saturated heterocycles. The van der Waals surface area contributed by atoms with Crippen molar-refractivity contribution in [1.29, 1.82) is 0 Å². The Balaban J connectivity index is 1.74. The summed E-state index contributed by atoms with van der Waals surface area (Å²) in [6, 6.07) is 19.0. The molecule has 2 aromatic carbocycles. The van der Waals surface area contributed by atoms with Crippen molar-refractivity contribution in [1.82, 2.24) is 0 Å². The number of nitrogens with zero attached hydrogens (tertiary/aromatic N) is 2. The molecule has 3 nitrogen and oxygen atoms in total. The van der Waals surface area contributed by atoms with E-state index in [0.29, 0.717) is 24.2 Å². The first-order valence-corrected chi connectivity index (χ1v) is 12.8. The van der Waals surface area contributed by atoms with Gasteiger partial charge in [-0.2, -0.15) is 0 Å². The van der Waals surface area contributed by atoms with Gasteiger partial charge in [-0.15, -0.1) is 0 Å². The highest BCUT2D eigenvalue weighted by molar-refractivity contribution is 6.15. The van der Waals surface area contributed by atoms with Gasteiger partial charge in [-0.25, -0.2) is 0 Å². The van der Waals surface area contributed by atoms with Crippen LogP contribution in [0, 0.1) is 0 Å². The molecule has 0 N–H and O–H groups in total. The Labute approximate surface area is 207 Å². The van der Waals surface area contributed by atoms with Gasteiger partial charge in [0.25, 0.3) is 0 Å². The SMILES string of the molecule is CC(C)N(c1ccc(/C=C2/CC/C(=C/c3ccc(N(C(C)C)C(C)C)cc3)C2=O)cc1)C(C)C. The molecule has 1 aliphatic carbocycles. The first-order chi connectivity index (χ1) is 16.1. The van der Waals surface area contributed by atoms with E-state index in [1.807, 2.05) is 0 Å². The second kappa shape index (κ2) is 11.1. The fourth-order valence-electron chi connectivity index (χ4n) is 5.25. The monoisotopic (exact) mass is 458 g/mol. The summed E-state index contributed by atoms with van der Waals surface area (Å²) >= 11 is 0. The maximum Gasteiger partial charge on any atom is 0.185 e.